The van der Waals surface area contributed by atoms with Crippen LogP contribution in [0, 0.1) is 17.1 Å². The summed E-state index contributed by atoms with van der Waals surface area (Å²) in [7, 11) is 0. The third kappa shape index (κ3) is 4.10. The van der Waals surface area contributed by atoms with Gasteiger partial charge in [0.2, 0.25) is 11.8 Å². The minimum absolute atomic E-state index is 0.184. The number of piperazine rings is 1. The highest BCUT2D eigenvalue weighted by molar-refractivity contribution is 7.12. The third-order valence-electron chi connectivity index (χ3n) is 6.46. The van der Waals surface area contributed by atoms with Gasteiger partial charge >= 0.3 is 0 Å². The van der Waals surface area contributed by atoms with Gasteiger partial charge in [-0.15, -0.1) is 11.3 Å². The SMILES string of the molecule is N#Cc1ccc(CN2CCN(c3cc4c(cc3F)C(=O)N(C3CCC(=O)NC3=O)C4)CC2)s1. The van der Waals surface area contributed by atoms with E-state index in [0.29, 0.717) is 29.2 Å². The van der Waals surface area contributed by atoms with Gasteiger partial charge in [-0.2, -0.15) is 5.26 Å². The Kier molecular flexibility index (Phi) is 5.60. The highest BCUT2D eigenvalue weighted by Crippen LogP contribution is 2.33. The molecule has 3 aliphatic rings. The lowest BCUT2D eigenvalue weighted by Gasteiger charge is -2.36. The largest absolute Gasteiger partial charge is 0.367 e. The van der Waals surface area contributed by atoms with E-state index in [4.69, 9.17) is 5.26 Å². The molecule has 170 valence electrons. The van der Waals surface area contributed by atoms with Crippen LogP contribution in [0.3, 0.4) is 0 Å². The highest BCUT2D eigenvalue weighted by Gasteiger charge is 2.39. The van der Waals surface area contributed by atoms with Crippen LogP contribution >= 0.6 is 11.3 Å². The van der Waals surface area contributed by atoms with E-state index in [-0.39, 0.29) is 36.8 Å². The maximum atomic E-state index is 15.0. The number of carbonyl (C=O) groups excluding carboxylic acids is 3. The number of thiophene rings is 1. The van der Waals surface area contributed by atoms with Gasteiger partial charge in [-0.25, -0.2) is 4.39 Å². The molecule has 2 saturated heterocycles. The zero-order chi connectivity index (χ0) is 23.1. The van der Waals surface area contributed by atoms with Crippen LogP contribution in [-0.2, 0) is 22.7 Å². The van der Waals surface area contributed by atoms with Crippen LogP contribution in [0.5, 0.6) is 0 Å². The molecule has 4 heterocycles. The fourth-order valence-electron chi connectivity index (χ4n) is 4.71. The maximum absolute atomic E-state index is 15.0. The van der Waals surface area contributed by atoms with E-state index in [0.717, 1.165) is 24.5 Å². The normalized spacial score (nSPS) is 21.2. The molecule has 5 rings (SSSR count). The first-order chi connectivity index (χ1) is 15.9. The second-order valence-electron chi connectivity index (χ2n) is 8.50. The second kappa shape index (κ2) is 8.57. The smallest absolute Gasteiger partial charge is 0.255 e. The third-order valence-corrected chi connectivity index (χ3v) is 7.43. The van der Waals surface area contributed by atoms with Crippen LogP contribution in [0.4, 0.5) is 10.1 Å². The van der Waals surface area contributed by atoms with Crippen molar-refractivity contribution < 1.29 is 18.8 Å². The number of benzene rings is 1. The number of halogens is 1. The Balaban J connectivity index is 1.26. The van der Waals surface area contributed by atoms with Crippen LogP contribution in [0.2, 0.25) is 0 Å². The number of anilines is 1. The maximum Gasteiger partial charge on any atom is 0.255 e. The van der Waals surface area contributed by atoms with Gasteiger partial charge in [0.25, 0.3) is 5.91 Å². The first-order valence-corrected chi connectivity index (χ1v) is 11.7. The van der Waals surface area contributed by atoms with Crippen LogP contribution in [0.25, 0.3) is 0 Å². The van der Waals surface area contributed by atoms with Gasteiger partial charge < -0.3 is 9.80 Å². The summed E-state index contributed by atoms with van der Waals surface area (Å²) in [6.45, 7) is 3.82. The van der Waals surface area contributed by atoms with Gasteiger partial charge in [-0.05, 0) is 36.2 Å². The second-order valence-corrected chi connectivity index (χ2v) is 9.67. The molecule has 2 aromatic rings. The number of amides is 3. The van der Waals surface area contributed by atoms with Crippen molar-refractivity contribution in [1.29, 1.82) is 5.26 Å². The van der Waals surface area contributed by atoms with Crippen LogP contribution in [0.15, 0.2) is 24.3 Å². The Bertz CT molecular complexity index is 1180. The Morgan fingerprint density at radius 2 is 1.94 bits per heavy atom. The van der Waals surface area contributed by atoms with Crippen molar-refractivity contribution >= 4 is 34.7 Å². The van der Waals surface area contributed by atoms with Crippen molar-refractivity contribution in [3.8, 4) is 6.07 Å². The van der Waals surface area contributed by atoms with Crippen molar-refractivity contribution in [3.05, 3.63) is 51.0 Å². The van der Waals surface area contributed by atoms with Gasteiger partial charge in [0.15, 0.2) is 0 Å². The molecular weight excluding hydrogens is 445 g/mol. The molecule has 1 unspecified atom stereocenters. The van der Waals surface area contributed by atoms with Gasteiger partial charge in [-0.3, -0.25) is 24.6 Å². The minimum Gasteiger partial charge on any atom is -0.367 e. The number of hydrogen-bond donors (Lipinski definition) is 1. The number of piperidine rings is 1. The Morgan fingerprint density at radius 1 is 1.15 bits per heavy atom. The number of rotatable bonds is 4. The lowest BCUT2D eigenvalue weighted by molar-refractivity contribution is -0.136. The summed E-state index contributed by atoms with van der Waals surface area (Å²) in [6.07, 6.45) is 0.464. The Labute approximate surface area is 194 Å². The Morgan fingerprint density at radius 3 is 2.64 bits per heavy atom. The van der Waals surface area contributed by atoms with Crippen molar-refractivity contribution in [1.82, 2.24) is 15.1 Å². The van der Waals surface area contributed by atoms with E-state index in [2.05, 4.69) is 16.3 Å². The van der Waals surface area contributed by atoms with Gasteiger partial charge in [0.05, 0.1) is 5.69 Å². The van der Waals surface area contributed by atoms with Crippen LogP contribution < -0.4 is 10.2 Å². The van der Waals surface area contributed by atoms with Crippen molar-refractivity contribution in [2.75, 3.05) is 31.1 Å². The van der Waals surface area contributed by atoms with Gasteiger partial charge in [0.1, 0.15) is 22.8 Å². The number of hydrogen-bond acceptors (Lipinski definition) is 7. The molecule has 1 atom stereocenters. The van der Waals surface area contributed by atoms with E-state index in [9.17, 15) is 14.4 Å². The molecule has 0 bridgehead atoms. The van der Waals surface area contributed by atoms with Gasteiger partial charge in [0, 0.05) is 56.1 Å². The predicted molar refractivity (Wildman–Crippen MR) is 119 cm³/mol. The average Bonchev–Trinajstić information content (AvgIpc) is 3.38. The summed E-state index contributed by atoms with van der Waals surface area (Å²) in [4.78, 5) is 44.0. The lowest BCUT2D eigenvalue weighted by Crippen LogP contribution is -2.52. The summed E-state index contributed by atoms with van der Waals surface area (Å²) < 4.78 is 15.0. The molecule has 3 amide bonds. The molecule has 0 aliphatic carbocycles. The minimum atomic E-state index is -0.712. The zero-order valence-corrected chi connectivity index (χ0v) is 18.7. The summed E-state index contributed by atoms with van der Waals surface area (Å²) in [5.41, 5.74) is 1.45. The molecule has 8 nitrogen and oxygen atoms in total. The highest BCUT2D eigenvalue weighted by atomic mass is 32.1. The first-order valence-electron chi connectivity index (χ1n) is 10.9. The molecule has 1 aromatic carbocycles. The van der Waals surface area contributed by atoms with Crippen LogP contribution in [-0.4, -0.2) is 59.7 Å². The number of nitrogens with one attached hydrogen (secondary N) is 1. The fourth-order valence-corrected chi connectivity index (χ4v) is 5.56. The quantitative estimate of drug-likeness (QED) is 0.690. The molecule has 1 aromatic heterocycles. The monoisotopic (exact) mass is 467 g/mol. The van der Waals surface area contributed by atoms with E-state index >= 15 is 4.39 Å². The molecule has 2 fully saturated rings. The van der Waals surface area contributed by atoms with Crippen molar-refractivity contribution in [2.24, 2.45) is 0 Å². The van der Waals surface area contributed by atoms with Crippen molar-refractivity contribution in [3.63, 3.8) is 0 Å². The van der Waals surface area contributed by atoms with E-state index in [1.807, 2.05) is 17.0 Å². The molecule has 0 saturated carbocycles. The molecular formula is C23H22FN5O3S. The van der Waals surface area contributed by atoms with Crippen LogP contribution in [0.1, 0.15) is 38.5 Å². The molecule has 33 heavy (non-hydrogen) atoms. The molecule has 0 spiro atoms. The van der Waals surface area contributed by atoms with E-state index in [1.165, 1.54) is 22.3 Å². The number of carbonyl (C=O) groups is 3. The molecule has 1 N–H and O–H groups in total. The number of nitriles is 1. The molecule has 10 heteroatoms. The molecule has 3 aliphatic heterocycles. The fraction of sp³-hybridized carbons (Fsp3) is 0.391. The average molecular weight is 468 g/mol. The lowest BCUT2D eigenvalue weighted by atomic mass is 10.0. The number of fused-ring (bicyclic) bond motifs is 1. The topological polar surface area (TPSA) is 96.8 Å². The standard InChI is InChI=1S/C23H22FN5O3S/c24-18-10-17-14(12-29(23(17)32)19-3-4-21(30)26-22(19)31)9-20(18)28-7-5-27(6-8-28)13-16-2-1-15(11-25)33-16/h1-2,9-10,19H,3-8,12-13H2,(H,26,30,31). The van der Waals surface area contributed by atoms with Crippen molar-refractivity contribution in [2.45, 2.75) is 32.0 Å². The summed E-state index contributed by atoms with van der Waals surface area (Å²) >= 11 is 1.49. The summed E-state index contributed by atoms with van der Waals surface area (Å²) in [6, 6.07) is 8.25. The first kappa shape index (κ1) is 21.6. The number of imide groups is 1. The van der Waals surface area contributed by atoms with E-state index in [1.54, 1.807) is 6.07 Å². The molecule has 0 radical (unpaired) electrons. The zero-order valence-electron chi connectivity index (χ0n) is 17.8. The predicted octanol–water partition coefficient (Wildman–Crippen LogP) is 1.84. The number of nitrogens with zero attached hydrogens (tertiary/aromatic N) is 4. The summed E-state index contributed by atoms with van der Waals surface area (Å²) in [5, 5.41) is 11.3. The summed E-state index contributed by atoms with van der Waals surface area (Å²) in [5.74, 6) is -1.63. The van der Waals surface area contributed by atoms with E-state index < -0.39 is 17.8 Å². The van der Waals surface area contributed by atoms with Gasteiger partial charge in [-0.1, -0.05) is 0 Å². The Hall–Kier alpha value is -3.29.